The first-order valence-corrected chi connectivity index (χ1v) is 6.47. The molecule has 0 fully saturated rings. The molecule has 0 amide bonds. The molecule has 104 valence electrons. The summed E-state index contributed by atoms with van der Waals surface area (Å²) in [6.45, 7) is 1.75. The molecule has 0 aliphatic heterocycles. The first-order valence-electron chi connectivity index (χ1n) is 5.33. The van der Waals surface area contributed by atoms with E-state index < -0.39 is 4.92 Å². The van der Waals surface area contributed by atoms with Crippen LogP contribution in [0.5, 0.6) is 11.5 Å². The van der Waals surface area contributed by atoms with Crippen LogP contribution in [0.3, 0.4) is 0 Å². The summed E-state index contributed by atoms with van der Waals surface area (Å²) in [4.78, 5) is 14.4. The lowest BCUT2D eigenvalue weighted by atomic mass is 10.3. The molecule has 5 nitrogen and oxygen atoms in total. The van der Waals surface area contributed by atoms with Gasteiger partial charge >= 0.3 is 5.69 Å². The van der Waals surface area contributed by atoms with Crippen molar-refractivity contribution in [3.8, 4) is 11.5 Å². The van der Waals surface area contributed by atoms with Crippen LogP contribution in [0.15, 0.2) is 24.3 Å². The van der Waals surface area contributed by atoms with Crippen molar-refractivity contribution in [3.63, 3.8) is 0 Å². The molecule has 0 saturated heterocycles. The number of nitrogens with zero attached hydrogens (tertiary/aromatic N) is 2. The number of benzene rings is 1. The zero-order chi connectivity index (χ0) is 14.9. The van der Waals surface area contributed by atoms with E-state index in [1.807, 2.05) is 0 Å². The van der Waals surface area contributed by atoms with E-state index in [2.05, 4.69) is 4.98 Å². The Morgan fingerprint density at radius 1 is 1.20 bits per heavy atom. The SMILES string of the molecule is Cc1ccc(Oc2c([N+](=O)[O-])ccc(Cl)c2Cl)c(Cl)n1. The van der Waals surface area contributed by atoms with Gasteiger partial charge in [0.05, 0.1) is 9.95 Å². The quantitative estimate of drug-likeness (QED) is 0.448. The second kappa shape index (κ2) is 5.83. The molecule has 0 saturated carbocycles. The van der Waals surface area contributed by atoms with Gasteiger partial charge < -0.3 is 4.74 Å². The van der Waals surface area contributed by atoms with Gasteiger partial charge in [0.2, 0.25) is 5.75 Å². The summed E-state index contributed by atoms with van der Waals surface area (Å²) in [7, 11) is 0. The fraction of sp³-hybridized carbons (Fsp3) is 0.0833. The minimum absolute atomic E-state index is 0.0579. The van der Waals surface area contributed by atoms with Gasteiger partial charge in [-0.15, -0.1) is 0 Å². The second-order valence-corrected chi connectivity index (χ2v) is 4.95. The van der Waals surface area contributed by atoms with Crippen molar-refractivity contribution in [1.82, 2.24) is 4.98 Å². The van der Waals surface area contributed by atoms with Crippen LogP contribution in [0.25, 0.3) is 0 Å². The minimum Gasteiger partial charge on any atom is -0.445 e. The molecule has 0 spiro atoms. The number of nitro groups is 1. The smallest absolute Gasteiger partial charge is 0.313 e. The summed E-state index contributed by atoms with van der Waals surface area (Å²) in [5.41, 5.74) is 0.380. The average Bonchev–Trinajstić information content (AvgIpc) is 2.37. The fourth-order valence-corrected chi connectivity index (χ4v) is 2.04. The maximum atomic E-state index is 11.0. The summed E-state index contributed by atoms with van der Waals surface area (Å²) >= 11 is 17.7. The predicted octanol–water partition coefficient (Wildman–Crippen LogP) is 5.05. The van der Waals surface area contributed by atoms with Crippen LogP contribution in [0.1, 0.15) is 5.69 Å². The minimum atomic E-state index is -0.618. The second-order valence-electron chi connectivity index (χ2n) is 3.81. The maximum Gasteiger partial charge on any atom is 0.313 e. The average molecular weight is 334 g/mol. The molecule has 2 aromatic rings. The molecule has 0 bridgehead atoms. The number of hydrogen-bond acceptors (Lipinski definition) is 4. The third-order valence-corrected chi connectivity index (χ3v) is 3.45. The van der Waals surface area contributed by atoms with Crippen molar-refractivity contribution in [3.05, 3.63) is 55.3 Å². The Balaban J connectivity index is 2.52. The number of pyridine rings is 1. The van der Waals surface area contributed by atoms with E-state index in [1.54, 1.807) is 19.1 Å². The van der Waals surface area contributed by atoms with Gasteiger partial charge in [-0.2, -0.15) is 0 Å². The summed E-state index contributed by atoms with van der Waals surface area (Å²) < 4.78 is 5.42. The largest absolute Gasteiger partial charge is 0.445 e. The van der Waals surface area contributed by atoms with Crippen LogP contribution < -0.4 is 4.74 Å². The molecule has 8 heteroatoms. The third-order valence-electron chi connectivity index (χ3n) is 2.39. The lowest BCUT2D eigenvalue weighted by Gasteiger charge is -2.10. The highest BCUT2D eigenvalue weighted by molar-refractivity contribution is 6.43. The van der Waals surface area contributed by atoms with Gasteiger partial charge in [0.1, 0.15) is 5.02 Å². The Bertz CT molecular complexity index is 692. The van der Waals surface area contributed by atoms with E-state index in [0.29, 0.717) is 5.69 Å². The number of rotatable bonds is 3. The summed E-state index contributed by atoms with van der Waals surface area (Å²) in [6.07, 6.45) is 0. The number of ether oxygens (including phenoxy) is 1. The van der Waals surface area contributed by atoms with Gasteiger partial charge in [-0.05, 0) is 25.1 Å². The van der Waals surface area contributed by atoms with Gasteiger partial charge in [-0.3, -0.25) is 10.1 Å². The van der Waals surface area contributed by atoms with Crippen molar-refractivity contribution in [2.75, 3.05) is 0 Å². The Morgan fingerprint density at radius 3 is 2.50 bits per heavy atom. The van der Waals surface area contributed by atoms with Crippen LogP contribution in [-0.4, -0.2) is 9.91 Å². The molecule has 0 radical (unpaired) electrons. The molecule has 1 aromatic heterocycles. The lowest BCUT2D eigenvalue weighted by molar-refractivity contribution is -0.385. The van der Waals surface area contributed by atoms with Gasteiger partial charge in [-0.1, -0.05) is 34.8 Å². The predicted molar refractivity (Wildman–Crippen MR) is 77.2 cm³/mol. The van der Waals surface area contributed by atoms with Gasteiger partial charge in [0.25, 0.3) is 0 Å². The fourth-order valence-electron chi connectivity index (χ4n) is 1.46. The van der Waals surface area contributed by atoms with Crippen molar-refractivity contribution < 1.29 is 9.66 Å². The summed E-state index contributed by atoms with van der Waals surface area (Å²) in [5.74, 6) is -0.0127. The van der Waals surface area contributed by atoms with Crippen molar-refractivity contribution in [2.24, 2.45) is 0 Å². The first kappa shape index (κ1) is 14.8. The van der Waals surface area contributed by atoms with Gasteiger partial charge in [-0.25, -0.2) is 4.98 Å². The molecule has 1 heterocycles. The van der Waals surface area contributed by atoms with E-state index in [-0.39, 0.29) is 32.4 Å². The van der Waals surface area contributed by atoms with Crippen LogP contribution in [-0.2, 0) is 0 Å². The molecular weight excluding hydrogens is 327 g/mol. The molecule has 0 aliphatic rings. The van der Waals surface area contributed by atoms with E-state index in [0.717, 1.165) is 0 Å². The summed E-state index contributed by atoms with van der Waals surface area (Å²) in [6, 6.07) is 5.74. The molecule has 1 aromatic carbocycles. The molecule has 0 atom stereocenters. The number of halogens is 3. The normalized spacial score (nSPS) is 10.4. The molecule has 0 N–H and O–H groups in total. The zero-order valence-electron chi connectivity index (χ0n) is 10.1. The molecular formula is C12H7Cl3N2O3. The number of nitro benzene ring substituents is 1. The van der Waals surface area contributed by atoms with E-state index in [4.69, 9.17) is 39.5 Å². The van der Waals surface area contributed by atoms with Crippen molar-refractivity contribution >= 4 is 40.5 Å². The molecule has 0 aliphatic carbocycles. The highest BCUT2D eigenvalue weighted by Crippen LogP contribution is 2.43. The molecule has 0 unspecified atom stereocenters. The van der Waals surface area contributed by atoms with Crippen LogP contribution in [0, 0.1) is 17.0 Å². The topological polar surface area (TPSA) is 65.3 Å². The Labute approximate surface area is 129 Å². The highest BCUT2D eigenvalue weighted by atomic mass is 35.5. The van der Waals surface area contributed by atoms with Crippen LogP contribution >= 0.6 is 34.8 Å². The van der Waals surface area contributed by atoms with Crippen LogP contribution in [0.4, 0.5) is 5.69 Å². The number of hydrogen-bond donors (Lipinski definition) is 0. The standard InChI is InChI=1S/C12H7Cl3N2O3/c1-6-2-5-9(12(15)16-6)20-11-8(17(18)19)4-3-7(13)10(11)14/h2-5H,1H3. The van der Waals surface area contributed by atoms with Gasteiger partial charge in [0.15, 0.2) is 10.9 Å². The Hall–Kier alpha value is -1.56. The monoisotopic (exact) mass is 332 g/mol. The zero-order valence-corrected chi connectivity index (χ0v) is 12.3. The van der Waals surface area contributed by atoms with E-state index >= 15 is 0 Å². The Morgan fingerprint density at radius 2 is 1.90 bits per heavy atom. The van der Waals surface area contributed by atoms with E-state index in [1.165, 1.54) is 12.1 Å². The van der Waals surface area contributed by atoms with E-state index in [9.17, 15) is 10.1 Å². The van der Waals surface area contributed by atoms with Crippen molar-refractivity contribution in [2.45, 2.75) is 6.92 Å². The van der Waals surface area contributed by atoms with Crippen LogP contribution in [0.2, 0.25) is 15.2 Å². The number of aromatic nitrogens is 1. The maximum absolute atomic E-state index is 11.0. The Kier molecular flexibility index (Phi) is 4.32. The van der Waals surface area contributed by atoms with Gasteiger partial charge in [0, 0.05) is 11.8 Å². The van der Waals surface area contributed by atoms with Crippen molar-refractivity contribution in [1.29, 1.82) is 0 Å². The third kappa shape index (κ3) is 2.95. The highest BCUT2D eigenvalue weighted by Gasteiger charge is 2.22. The molecule has 2 rings (SSSR count). The lowest BCUT2D eigenvalue weighted by Crippen LogP contribution is -1.96. The number of aryl methyl sites for hydroxylation is 1. The summed E-state index contributed by atoms with van der Waals surface area (Å²) in [5, 5.41) is 11.2. The molecule has 20 heavy (non-hydrogen) atoms. The first-order chi connectivity index (χ1) is 9.40.